The molecule has 0 aliphatic heterocycles. The van der Waals surface area contributed by atoms with Crippen LogP contribution in [0, 0.1) is 24.7 Å². The van der Waals surface area contributed by atoms with Gasteiger partial charge in [-0.05, 0) is 6.42 Å². The molecule has 0 aromatic rings. The summed E-state index contributed by atoms with van der Waals surface area (Å²) in [6, 6.07) is 0. The Morgan fingerprint density at radius 2 is 1.62 bits per heavy atom. The van der Waals surface area contributed by atoms with Crippen LogP contribution in [0.3, 0.4) is 0 Å². The number of terminal acetylenes is 2. The minimum absolute atomic E-state index is 0.398. The molecule has 0 rings (SSSR count). The Hall–Kier alpha value is -1.94. The number of hydrogen-bond donors (Lipinski definition) is 0. The summed E-state index contributed by atoms with van der Waals surface area (Å²) in [5.41, 5.74) is 0. The van der Waals surface area contributed by atoms with Gasteiger partial charge in [-0.15, -0.1) is 12.8 Å². The van der Waals surface area contributed by atoms with Gasteiger partial charge in [-0.1, -0.05) is 19.8 Å². The normalized spacial score (nSPS) is 9.00. The summed E-state index contributed by atoms with van der Waals surface area (Å²) in [4.78, 5) is 21.6. The average molecular weight is 222 g/mol. The standard InChI is InChI=1S/C12H14O4/c1-4-7-8-9-12(15-10(13)5-2)16-11(14)6-3/h2-3,12H,4,7-9H2,1H3. The predicted octanol–water partition coefficient (Wildman–Crippen LogP) is 1.25. The molecule has 0 saturated heterocycles. The molecule has 0 aromatic heterocycles. The van der Waals surface area contributed by atoms with Gasteiger partial charge in [0.2, 0.25) is 6.29 Å². The zero-order valence-electron chi connectivity index (χ0n) is 9.19. The highest BCUT2D eigenvalue weighted by atomic mass is 16.7. The van der Waals surface area contributed by atoms with Gasteiger partial charge >= 0.3 is 11.9 Å². The molecule has 0 aliphatic carbocycles. The molecule has 16 heavy (non-hydrogen) atoms. The van der Waals surface area contributed by atoms with E-state index in [-0.39, 0.29) is 0 Å². The van der Waals surface area contributed by atoms with Crippen molar-refractivity contribution in [1.29, 1.82) is 0 Å². The largest absolute Gasteiger partial charge is 0.416 e. The van der Waals surface area contributed by atoms with Crippen LogP contribution in [0.4, 0.5) is 0 Å². The van der Waals surface area contributed by atoms with Gasteiger partial charge in [0.25, 0.3) is 0 Å². The van der Waals surface area contributed by atoms with E-state index in [9.17, 15) is 9.59 Å². The quantitative estimate of drug-likeness (QED) is 0.223. The average Bonchev–Trinajstić information content (AvgIpc) is 2.28. The highest BCUT2D eigenvalue weighted by Crippen LogP contribution is 2.08. The summed E-state index contributed by atoms with van der Waals surface area (Å²) >= 11 is 0. The minimum atomic E-state index is -0.987. The number of carbonyl (C=O) groups excluding carboxylic acids is 2. The van der Waals surface area contributed by atoms with Crippen LogP contribution in [0.15, 0.2) is 0 Å². The number of esters is 2. The van der Waals surface area contributed by atoms with E-state index in [2.05, 4.69) is 0 Å². The zero-order chi connectivity index (χ0) is 12.4. The number of unbranched alkanes of at least 4 members (excludes halogenated alkanes) is 2. The second-order valence-corrected chi connectivity index (χ2v) is 3.02. The van der Waals surface area contributed by atoms with Gasteiger partial charge in [-0.2, -0.15) is 0 Å². The van der Waals surface area contributed by atoms with Gasteiger partial charge in [-0.3, -0.25) is 0 Å². The number of rotatable bonds is 6. The smallest absolute Gasteiger partial charge is 0.387 e. The molecule has 0 bridgehead atoms. The van der Waals surface area contributed by atoms with Crippen molar-refractivity contribution in [1.82, 2.24) is 0 Å². The molecule has 0 heterocycles. The third-order valence-electron chi connectivity index (χ3n) is 1.76. The Bertz CT molecular complexity index is 291. The van der Waals surface area contributed by atoms with E-state index in [1.54, 1.807) is 11.8 Å². The summed E-state index contributed by atoms with van der Waals surface area (Å²) in [5, 5.41) is 0. The van der Waals surface area contributed by atoms with Crippen molar-refractivity contribution < 1.29 is 19.1 Å². The second-order valence-electron chi connectivity index (χ2n) is 3.02. The topological polar surface area (TPSA) is 52.6 Å². The lowest BCUT2D eigenvalue weighted by Crippen LogP contribution is -2.23. The van der Waals surface area contributed by atoms with Crippen LogP contribution < -0.4 is 0 Å². The van der Waals surface area contributed by atoms with Crippen molar-refractivity contribution in [3.63, 3.8) is 0 Å². The van der Waals surface area contributed by atoms with Gasteiger partial charge in [0.15, 0.2) is 0 Å². The van der Waals surface area contributed by atoms with Crippen molar-refractivity contribution in [2.24, 2.45) is 0 Å². The predicted molar refractivity (Wildman–Crippen MR) is 57.8 cm³/mol. The molecule has 0 atom stereocenters. The Kier molecular flexibility index (Phi) is 7.36. The Morgan fingerprint density at radius 3 is 2.00 bits per heavy atom. The second kappa shape index (κ2) is 8.38. The summed E-state index contributed by atoms with van der Waals surface area (Å²) in [5.74, 6) is 1.81. The minimum Gasteiger partial charge on any atom is -0.416 e. The van der Waals surface area contributed by atoms with Gasteiger partial charge in [0.1, 0.15) is 0 Å². The summed E-state index contributed by atoms with van der Waals surface area (Å²) in [7, 11) is 0. The molecule has 0 saturated carbocycles. The maximum atomic E-state index is 10.8. The lowest BCUT2D eigenvalue weighted by Gasteiger charge is -2.15. The van der Waals surface area contributed by atoms with Crippen molar-refractivity contribution in [3.8, 4) is 24.7 Å². The fraction of sp³-hybridized carbons (Fsp3) is 0.500. The molecular formula is C12H14O4. The fourth-order valence-electron chi connectivity index (χ4n) is 1.01. The first kappa shape index (κ1) is 14.1. The highest BCUT2D eigenvalue weighted by molar-refractivity contribution is 5.89. The number of hydrogen-bond acceptors (Lipinski definition) is 4. The molecular weight excluding hydrogens is 208 g/mol. The van der Waals surface area contributed by atoms with Gasteiger partial charge in [0.05, 0.1) is 0 Å². The van der Waals surface area contributed by atoms with Crippen molar-refractivity contribution in [3.05, 3.63) is 0 Å². The number of ether oxygens (including phenoxy) is 2. The highest BCUT2D eigenvalue weighted by Gasteiger charge is 2.16. The molecule has 0 aromatic carbocycles. The van der Waals surface area contributed by atoms with Crippen LogP contribution in [0.2, 0.25) is 0 Å². The van der Waals surface area contributed by atoms with Crippen LogP contribution in [0.1, 0.15) is 32.6 Å². The van der Waals surface area contributed by atoms with Crippen LogP contribution in [-0.4, -0.2) is 18.2 Å². The molecule has 0 radical (unpaired) electrons. The number of carbonyl (C=O) groups is 2. The van der Waals surface area contributed by atoms with E-state index in [4.69, 9.17) is 22.3 Å². The van der Waals surface area contributed by atoms with E-state index in [1.165, 1.54) is 0 Å². The maximum Gasteiger partial charge on any atom is 0.387 e. The molecule has 0 unspecified atom stereocenters. The van der Waals surface area contributed by atoms with E-state index in [0.29, 0.717) is 6.42 Å². The Morgan fingerprint density at radius 1 is 1.12 bits per heavy atom. The molecule has 4 nitrogen and oxygen atoms in total. The van der Waals surface area contributed by atoms with E-state index in [1.807, 2.05) is 6.92 Å². The first-order valence-electron chi connectivity index (χ1n) is 4.98. The van der Waals surface area contributed by atoms with Crippen LogP contribution >= 0.6 is 0 Å². The SMILES string of the molecule is C#CC(=O)OC(CCCCC)OC(=O)C#C. The molecule has 0 spiro atoms. The van der Waals surface area contributed by atoms with Crippen molar-refractivity contribution >= 4 is 11.9 Å². The summed E-state index contributed by atoms with van der Waals surface area (Å²) < 4.78 is 9.41. The lowest BCUT2D eigenvalue weighted by atomic mass is 10.2. The van der Waals surface area contributed by atoms with Crippen molar-refractivity contribution in [2.75, 3.05) is 0 Å². The van der Waals surface area contributed by atoms with Crippen LogP contribution in [0.5, 0.6) is 0 Å². The molecule has 0 aliphatic rings. The van der Waals surface area contributed by atoms with Gasteiger partial charge in [-0.25, -0.2) is 9.59 Å². The van der Waals surface area contributed by atoms with E-state index < -0.39 is 18.2 Å². The molecule has 4 heteroatoms. The first-order valence-corrected chi connectivity index (χ1v) is 4.98. The first-order chi connectivity index (χ1) is 7.63. The molecule has 0 N–H and O–H groups in total. The summed E-state index contributed by atoms with van der Waals surface area (Å²) in [6.07, 6.45) is 11.8. The van der Waals surface area contributed by atoms with E-state index >= 15 is 0 Å². The fourth-order valence-corrected chi connectivity index (χ4v) is 1.01. The zero-order valence-corrected chi connectivity index (χ0v) is 9.19. The van der Waals surface area contributed by atoms with Crippen LogP contribution in [-0.2, 0) is 19.1 Å². The lowest BCUT2D eigenvalue weighted by molar-refractivity contribution is -0.180. The molecule has 0 amide bonds. The Balaban J connectivity index is 4.17. The van der Waals surface area contributed by atoms with Crippen molar-refractivity contribution in [2.45, 2.75) is 38.9 Å². The van der Waals surface area contributed by atoms with Gasteiger partial charge < -0.3 is 9.47 Å². The molecule has 0 fully saturated rings. The molecule has 86 valence electrons. The Labute approximate surface area is 95.3 Å². The van der Waals surface area contributed by atoms with Gasteiger partial charge in [0, 0.05) is 18.3 Å². The van der Waals surface area contributed by atoms with E-state index in [0.717, 1.165) is 19.3 Å². The third-order valence-corrected chi connectivity index (χ3v) is 1.76. The summed E-state index contributed by atoms with van der Waals surface area (Å²) in [6.45, 7) is 2.02. The maximum absolute atomic E-state index is 10.8. The van der Waals surface area contributed by atoms with Crippen LogP contribution in [0.25, 0.3) is 0 Å². The monoisotopic (exact) mass is 222 g/mol. The third kappa shape index (κ3) is 6.50.